The van der Waals surface area contributed by atoms with E-state index in [-0.39, 0.29) is 11.5 Å². The number of imidazole rings is 1. The van der Waals surface area contributed by atoms with E-state index in [4.69, 9.17) is 4.42 Å². The number of H-pyrrole nitrogens is 1. The van der Waals surface area contributed by atoms with Gasteiger partial charge in [0.25, 0.3) is 0 Å². The fourth-order valence-electron chi connectivity index (χ4n) is 3.73. The summed E-state index contributed by atoms with van der Waals surface area (Å²) in [5, 5.41) is 3.23. The number of nitrogens with zero attached hydrogens (tertiary/aromatic N) is 3. The lowest BCUT2D eigenvalue weighted by Gasteiger charge is -2.22. The summed E-state index contributed by atoms with van der Waals surface area (Å²) in [6.45, 7) is 1.91. The third kappa shape index (κ3) is 2.60. The summed E-state index contributed by atoms with van der Waals surface area (Å²) in [4.78, 5) is 39.1. The van der Waals surface area contributed by atoms with Crippen molar-refractivity contribution in [3.63, 3.8) is 0 Å². The molecule has 0 bridgehead atoms. The van der Waals surface area contributed by atoms with Crippen LogP contribution in [-0.2, 0) is 0 Å². The predicted octanol–water partition coefficient (Wildman–Crippen LogP) is 3.28. The summed E-state index contributed by atoms with van der Waals surface area (Å²) in [7, 11) is 1.58. The topological polar surface area (TPSA) is 104 Å². The molecule has 1 aliphatic rings. The molecule has 0 saturated carbocycles. The number of urea groups is 1. The average molecular weight is 387 g/mol. The van der Waals surface area contributed by atoms with Crippen molar-refractivity contribution in [1.29, 1.82) is 0 Å². The van der Waals surface area contributed by atoms with Crippen molar-refractivity contribution in [2.45, 2.75) is 13.0 Å². The molecule has 1 fully saturated rings. The van der Waals surface area contributed by atoms with Crippen LogP contribution in [0.5, 0.6) is 0 Å². The van der Waals surface area contributed by atoms with Crippen LogP contribution in [0.3, 0.4) is 0 Å². The molecule has 1 aliphatic heterocycles. The van der Waals surface area contributed by atoms with Crippen molar-refractivity contribution in [3.05, 3.63) is 70.3 Å². The first-order valence-electron chi connectivity index (χ1n) is 9.09. The molecule has 1 atom stereocenters. The van der Waals surface area contributed by atoms with Crippen molar-refractivity contribution in [2.75, 3.05) is 11.9 Å². The molecule has 0 radical (unpaired) electrons. The second kappa shape index (κ2) is 6.30. The van der Waals surface area contributed by atoms with Crippen LogP contribution >= 0.6 is 0 Å². The van der Waals surface area contributed by atoms with Crippen LogP contribution < -0.4 is 15.6 Å². The summed E-state index contributed by atoms with van der Waals surface area (Å²) in [6.07, 6.45) is 3.01. The third-order valence-corrected chi connectivity index (χ3v) is 5.14. The van der Waals surface area contributed by atoms with Gasteiger partial charge in [-0.2, -0.15) is 0 Å². The van der Waals surface area contributed by atoms with Gasteiger partial charge in [-0.15, -0.1) is 0 Å². The first kappa shape index (κ1) is 17.2. The molecule has 8 heteroatoms. The van der Waals surface area contributed by atoms with Gasteiger partial charge >= 0.3 is 6.03 Å². The maximum absolute atomic E-state index is 13.3. The summed E-state index contributed by atoms with van der Waals surface area (Å²) in [5.41, 5.74) is 3.80. The number of aromatic amines is 1. The highest BCUT2D eigenvalue weighted by molar-refractivity contribution is 6.17. The molecular weight excluding hydrogens is 370 g/mol. The van der Waals surface area contributed by atoms with E-state index >= 15 is 0 Å². The Balaban J connectivity index is 1.72. The summed E-state index contributed by atoms with van der Waals surface area (Å²) in [5.74, 6) is 0.388. The number of rotatable bonds is 2. The summed E-state index contributed by atoms with van der Waals surface area (Å²) < 4.78 is 5.72. The van der Waals surface area contributed by atoms with Crippen LogP contribution in [0.2, 0.25) is 0 Å². The Morgan fingerprint density at radius 1 is 1.17 bits per heavy atom. The number of amides is 2. The monoisotopic (exact) mass is 387 g/mol. The highest BCUT2D eigenvalue weighted by Crippen LogP contribution is 2.33. The number of nitrogens with one attached hydrogen (secondary N) is 2. The van der Waals surface area contributed by atoms with Crippen LogP contribution in [0.4, 0.5) is 10.5 Å². The number of hydrogen-bond acceptors (Lipinski definition) is 5. The molecule has 1 unspecified atom stereocenters. The van der Waals surface area contributed by atoms with Crippen molar-refractivity contribution in [3.8, 4) is 0 Å². The smallest absolute Gasteiger partial charge is 0.328 e. The molecular formula is C21H17N5O3. The number of amidine groups is 1. The Bertz CT molecular complexity index is 1370. The van der Waals surface area contributed by atoms with E-state index in [9.17, 15) is 9.59 Å². The highest BCUT2D eigenvalue weighted by Gasteiger charge is 2.40. The normalized spacial score (nSPS) is 18.1. The minimum Gasteiger partial charge on any atom is -0.464 e. The van der Waals surface area contributed by atoms with Gasteiger partial charge in [0.05, 0.1) is 28.3 Å². The molecule has 0 aliphatic carbocycles. The van der Waals surface area contributed by atoms with Crippen molar-refractivity contribution >= 4 is 39.6 Å². The number of hydrogen-bond donors (Lipinski definition) is 2. The Labute approximate surface area is 164 Å². The third-order valence-electron chi connectivity index (χ3n) is 5.14. The van der Waals surface area contributed by atoms with Crippen molar-refractivity contribution < 1.29 is 9.21 Å². The zero-order valence-corrected chi connectivity index (χ0v) is 15.8. The van der Waals surface area contributed by atoms with Gasteiger partial charge in [-0.1, -0.05) is 11.6 Å². The SMILES string of the molecule is CN=C1NC(=O)N(c2ccc3nc[nH]c3c2)C1c1coc2ccc(C)cc2c1=O. The molecule has 4 aromatic rings. The summed E-state index contributed by atoms with van der Waals surface area (Å²) >= 11 is 0. The zero-order chi connectivity index (χ0) is 20.1. The second-order valence-electron chi connectivity index (χ2n) is 6.94. The average Bonchev–Trinajstić information content (AvgIpc) is 3.32. The largest absolute Gasteiger partial charge is 0.464 e. The van der Waals surface area contributed by atoms with Crippen LogP contribution in [0.25, 0.3) is 22.0 Å². The van der Waals surface area contributed by atoms with Crippen molar-refractivity contribution in [2.24, 2.45) is 4.99 Å². The van der Waals surface area contributed by atoms with E-state index < -0.39 is 6.04 Å². The van der Waals surface area contributed by atoms with Gasteiger partial charge < -0.3 is 9.40 Å². The van der Waals surface area contributed by atoms with E-state index in [0.717, 1.165) is 16.6 Å². The lowest BCUT2D eigenvalue weighted by Crippen LogP contribution is -2.32. The van der Waals surface area contributed by atoms with E-state index in [1.54, 1.807) is 31.6 Å². The van der Waals surface area contributed by atoms with Crippen LogP contribution in [0.1, 0.15) is 17.2 Å². The van der Waals surface area contributed by atoms with Gasteiger partial charge in [0.15, 0.2) is 5.43 Å². The Morgan fingerprint density at radius 2 is 2.03 bits per heavy atom. The maximum Gasteiger partial charge on any atom is 0.328 e. The molecule has 2 aromatic heterocycles. The quantitative estimate of drug-likeness (QED) is 0.551. The molecule has 0 spiro atoms. The van der Waals surface area contributed by atoms with Gasteiger partial charge in [-0.3, -0.25) is 20.0 Å². The fraction of sp³-hybridized carbons (Fsp3) is 0.143. The number of benzene rings is 2. The number of carbonyl (C=O) groups excluding carboxylic acids is 1. The Kier molecular flexibility index (Phi) is 3.73. The molecule has 2 amide bonds. The Hall–Kier alpha value is -3.94. The standard InChI is InChI=1S/C21H17N5O3/c1-11-3-6-17-13(7-11)19(27)14(9-29-17)18-20(22-2)25-21(28)26(18)12-4-5-15-16(8-12)24-10-23-15/h3-10,18H,1-2H3,(H,23,24)(H,22,25,28). The van der Waals surface area contributed by atoms with Gasteiger partial charge in [-0.25, -0.2) is 9.78 Å². The minimum atomic E-state index is -0.714. The zero-order valence-electron chi connectivity index (χ0n) is 15.8. The van der Waals surface area contributed by atoms with Crippen LogP contribution in [0, 0.1) is 6.92 Å². The van der Waals surface area contributed by atoms with Gasteiger partial charge in [0.1, 0.15) is 23.7 Å². The molecule has 1 saturated heterocycles. The highest BCUT2D eigenvalue weighted by atomic mass is 16.3. The number of fused-ring (bicyclic) bond motifs is 2. The first-order chi connectivity index (χ1) is 14.1. The molecule has 144 valence electrons. The molecule has 29 heavy (non-hydrogen) atoms. The Morgan fingerprint density at radius 3 is 2.86 bits per heavy atom. The number of aryl methyl sites for hydroxylation is 1. The molecule has 3 heterocycles. The van der Waals surface area contributed by atoms with E-state index in [1.807, 2.05) is 25.1 Å². The lowest BCUT2D eigenvalue weighted by molar-refractivity contribution is 0.252. The number of aromatic nitrogens is 2. The molecule has 2 N–H and O–H groups in total. The van der Waals surface area contributed by atoms with Gasteiger partial charge in [0.2, 0.25) is 0 Å². The van der Waals surface area contributed by atoms with E-state index in [0.29, 0.717) is 28.1 Å². The predicted molar refractivity (Wildman–Crippen MR) is 110 cm³/mol. The number of aliphatic imine (C=N–C) groups is 1. The van der Waals surface area contributed by atoms with Crippen LogP contribution in [0.15, 0.2) is 63.2 Å². The summed E-state index contributed by atoms with van der Waals surface area (Å²) in [6, 6.07) is 9.80. The maximum atomic E-state index is 13.3. The first-order valence-corrected chi connectivity index (χ1v) is 9.09. The van der Waals surface area contributed by atoms with E-state index in [2.05, 4.69) is 20.3 Å². The number of carbonyl (C=O) groups is 1. The van der Waals surface area contributed by atoms with Crippen molar-refractivity contribution in [1.82, 2.24) is 15.3 Å². The number of anilines is 1. The second-order valence-corrected chi connectivity index (χ2v) is 6.94. The lowest BCUT2D eigenvalue weighted by atomic mass is 10.0. The van der Waals surface area contributed by atoms with Gasteiger partial charge in [0, 0.05) is 12.7 Å². The molecule has 8 nitrogen and oxygen atoms in total. The minimum absolute atomic E-state index is 0.190. The van der Waals surface area contributed by atoms with E-state index in [1.165, 1.54) is 11.2 Å². The molecule has 5 rings (SSSR count). The molecule has 2 aromatic carbocycles. The fourth-order valence-corrected chi connectivity index (χ4v) is 3.73. The van der Waals surface area contributed by atoms with Crippen LogP contribution in [-0.4, -0.2) is 28.9 Å². The van der Waals surface area contributed by atoms with Gasteiger partial charge in [-0.05, 0) is 37.3 Å².